The van der Waals surface area contributed by atoms with E-state index in [1.165, 1.54) is 14.2 Å². The summed E-state index contributed by atoms with van der Waals surface area (Å²) >= 11 is 0. The van der Waals surface area contributed by atoms with Crippen molar-refractivity contribution in [1.82, 2.24) is 4.72 Å². The van der Waals surface area contributed by atoms with Gasteiger partial charge in [0.05, 0.1) is 14.2 Å². The van der Waals surface area contributed by atoms with Gasteiger partial charge >= 0.3 is 0 Å². The van der Waals surface area contributed by atoms with E-state index < -0.39 is 20.7 Å². The molecule has 19 heavy (non-hydrogen) atoms. The molecule has 2 N–H and O–H groups in total. The van der Waals surface area contributed by atoms with Crippen LogP contribution in [0.1, 0.15) is 6.42 Å². The number of benzene rings is 1. The van der Waals surface area contributed by atoms with Gasteiger partial charge in [0, 0.05) is 25.3 Å². The van der Waals surface area contributed by atoms with E-state index in [0.717, 1.165) is 12.1 Å². The number of hydrogen-bond donors (Lipinski definition) is 2. The van der Waals surface area contributed by atoms with Crippen molar-refractivity contribution in [3.8, 4) is 11.5 Å². The zero-order chi connectivity index (χ0) is 14.5. The third kappa shape index (κ3) is 3.79. The lowest BCUT2D eigenvalue weighted by Crippen LogP contribution is -2.26. The molecule has 0 spiro atoms. The number of hydrogen-bond acceptors (Lipinski definition) is 5. The molecule has 0 aliphatic heterocycles. The van der Waals surface area contributed by atoms with Crippen molar-refractivity contribution < 1.29 is 27.4 Å². The van der Waals surface area contributed by atoms with Crippen molar-refractivity contribution in [1.29, 1.82) is 0 Å². The number of halogens is 1. The van der Waals surface area contributed by atoms with Crippen LogP contribution in [0.4, 0.5) is 4.39 Å². The fourth-order valence-electron chi connectivity index (χ4n) is 1.40. The predicted octanol–water partition coefficient (Wildman–Crippen LogP) is 0.504. The van der Waals surface area contributed by atoms with Crippen molar-refractivity contribution >= 4 is 10.0 Å². The largest absolute Gasteiger partial charge is 0.493 e. The molecule has 8 heteroatoms. The first-order valence-corrected chi connectivity index (χ1v) is 6.96. The molecule has 0 unspecified atom stereocenters. The molecular formula is C11H16FNO5S. The quantitative estimate of drug-likeness (QED) is 0.715. The Labute approximate surface area is 111 Å². The maximum Gasteiger partial charge on any atom is 0.243 e. The molecule has 0 saturated carbocycles. The lowest BCUT2D eigenvalue weighted by Gasteiger charge is -2.11. The highest BCUT2D eigenvalue weighted by Gasteiger charge is 2.22. The molecule has 0 amide bonds. The summed E-state index contributed by atoms with van der Waals surface area (Å²) < 4.78 is 49.5. The van der Waals surface area contributed by atoms with Gasteiger partial charge in [-0.1, -0.05) is 0 Å². The summed E-state index contributed by atoms with van der Waals surface area (Å²) in [5.74, 6) is -0.713. The number of methoxy groups -OCH3 is 2. The minimum Gasteiger partial charge on any atom is -0.493 e. The Morgan fingerprint density at radius 1 is 1.26 bits per heavy atom. The Kier molecular flexibility index (Phi) is 5.52. The smallest absolute Gasteiger partial charge is 0.243 e. The molecular weight excluding hydrogens is 277 g/mol. The summed E-state index contributed by atoms with van der Waals surface area (Å²) in [6.45, 7) is -0.135. The summed E-state index contributed by atoms with van der Waals surface area (Å²) in [5.41, 5.74) is 0. The lowest BCUT2D eigenvalue weighted by molar-refractivity contribution is 0.289. The third-order valence-corrected chi connectivity index (χ3v) is 3.83. The normalized spacial score (nSPS) is 11.4. The second-order valence-electron chi connectivity index (χ2n) is 3.61. The number of aliphatic hydroxyl groups is 1. The van der Waals surface area contributed by atoms with E-state index in [2.05, 4.69) is 4.72 Å². The van der Waals surface area contributed by atoms with Gasteiger partial charge in [-0.2, -0.15) is 0 Å². The SMILES string of the molecule is COc1cc(F)c(S(=O)(=O)NCCCO)cc1OC. The molecule has 0 radical (unpaired) electrons. The first-order valence-electron chi connectivity index (χ1n) is 5.48. The van der Waals surface area contributed by atoms with Crippen LogP contribution in [0.25, 0.3) is 0 Å². The van der Waals surface area contributed by atoms with Gasteiger partial charge in [-0.3, -0.25) is 0 Å². The van der Waals surface area contributed by atoms with Crippen LogP contribution >= 0.6 is 0 Å². The minimum absolute atomic E-state index is 0.0205. The monoisotopic (exact) mass is 293 g/mol. The zero-order valence-electron chi connectivity index (χ0n) is 10.6. The Morgan fingerprint density at radius 2 is 1.84 bits per heavy atom. The van der Waals surface area contributed by atoms with Gasteiger partial charge in [0.1, 0.15) is 10.7 Å². The van der Waals surface area contributed by atoms with Crippen molar-refractivity contribution in [3.63, 3.8) is 0 Å². The second kappa shape index (κ2) is 6.69. The van der Waals surface area contributed by atoms with Crippen LogP contribution in [0.2, 0.25) is 0 Å². The minimum atomic E-state index is -3.99. The second-order valence-corrected chi connectivity index (χ2v) is 5.35. The van der Waals surface area contributed by atoms with Gasteiger partial charge in [-0.15, -0.1) is 0 Å². The van der Waals surface area contributed by atoms with E-state index in [1.54, 1.807) is 0 Å². The van der Waals surface area contributed by atoms with E-state index >= 15 is 0 Å². The molecule has 0 atom stereocenters. The van der Waals surface area contributed by atoms with E-state index in [0.29, 0.717) is 0 Å². The average Bonchev–Trinajstić information content (AvgIpc) is 2.38. The number of aliphatic hydroxyl groups excluding tert-OH is 1. The van der Waals surface area contributed by atoms with Crippen LogP contribution in [0.5, 0.6) is 11.5 Å². The molecule has 0 heterocycles. The van der Waals surface area contributed by atoms with Crippen LogP contribution in [0.3, 0.4) is 0 Å². The maximum absolute atomic E-state index is 13.8. The highest BCUT2D eigenvalue weighted by atomic mass is 32.2. The molecule has 108 valence electrons. The first-order chi connectivity index (χ1) is 8.96. The summed E-state index contributed by atoms with van der Waals surface area (Å²) in [4.78, 5) is -0.525. The molecule has 1 aromatic carbocycles. The first kappa shape index (κ1) is 15.7. The van der Waals surface area contributed by atoms with Crippen molar-refractivity contribution in [3.05, 3.63) is 17.9 Å². The van der Waals surface area contributed by atoms with Gasteiger partial charge in [-0.25, -0.2) is 17.5 Å². The number of rotatable bonds is 7. The van der Waals surface area contributed by atoms with E-state index in [-0.39, 0.29) is 31.1 Å². The Bertz CT molecular complexity index is 532. The van der Waals surface area contributed by atoms with E-state index in [4.69, 9.17) is 14.6 Å². The van der Waals surface area contributed by atoms with Gasteiger partial charge in [0.25, 0.3) is 0 Å². The zero-order valence-corrected chi connectivity index (χ0v) is 11.5. The Morgan fingerprint density at radius 3 is 2.37 bits per heavy atom. The van der Waals surface area contributed by atoms with Gasteiger partial charge in [0.2, 0.25) is 10.0 Å². The third-order valence-electron chi connectivity index (χ3n) is 2.35. The van der Waals surface area contributed by atoms with Crippen LogP contribution < -0.4 is 14.2 Å². The fraction of sp³-hybridized carbons (Fsp3) is 0.455. The molecule has 0 saturated heterocycles. The molecule has 1 aromatic rings. The highest BCUT2D eigenvalue weighted by molar-refractivity contribution is 7.89. The van der Waals surface area contributed by atoms with E-state index in [1.807, 2.05) is 0 Å². The molecule has 0 bridgehead atoms. The van der Waals surface area contributed by atoms with Crippen molar-refractivity contribution in [2.24, 2.45) is 0 Å². The summed E-state index contributed by atoms with van der Waals surface area (Å²) in [6.07, 6.45) is 0.244. The molecule has 0 aliphatic carbocycles. The Balaban J connectivity index is 3.12. The molecule has 0 aromatic heterocycles. The van der Waals surface area contributed by atoms with Crippen LogP contribution in [0.15, 0.2) is 17.0 Å². The average molecular weight is 293 g/mol. The number of ether oxygens (including phenoxy) is 2. The van der Waals surface area contributed by atoms with Gasteiger partial charge < -0.3 is 14.6 Å². The van der Waals surface area contributed by atoms with Crippen molar-refractivity contribution in [2.75, 3.05) is 27.4 Å². The van der Waals surface area contributed by atoms with Crippen LogP contribution in [-0.4, -0.2) is 40.9 Å². The highest BCUT2D eigenvalue weighted by Crippen LogP contribution is 2.31. The standard InChI is InChI=1S/C11H16FNO5S/c1-17-9-6-8(12)11(7-10(9)18-2)19(15,16)13-4-3-5-14/h6-7,13-14H,3-5H2,1-2H3. The van der Waals surface area contributed by atoms with E-state index in [9.17, 15) is 12.8 Å². The van der Waals surface area contributed by atoms with Gasteiger partial charge in [-0.05, 0) is 6.42 Å². The van der Waals surface area contributed by atoms with Crippen LogP contribution in [0, 0.1) is 5.82 Å². The molecule has 0 fully saturated rings. The number of nitrogens with one attached hydrogen (secondary N) is 1. The summed E-state index contributed by atoms with van der Waals surface area (Å²) in [7, 11) is -1.34. The van der Waals surface area contributed by atoms with Gasteiger partial charge in [0.15, 0.2) is 11.5 Å². The topological polar surface area (TPSA) is 84.9 Å². The predicted molar refractivity (Wildman–Crippen MR) is 66.4 cm³/mol. The summed E-state index contributed by atoms with van der Waals surface area (Å²) in [5, 5.41) is 8.59. The number of sulfonamides is 1. The van der Waals surface area contributed by atoms with Crippen molar-refractivity contribution in [2.45, 2.75) is 11.3 Å². The Hall–Kier alpha value is -1.38. The fourth-order valence-corrected chi connectivity index (χ4v) is 2.55. The maximum atomic E-state index is 13.8. The lowest BCUT2D eigenvalue weighted by atomic mass is 10.3. The summed E-state index contributed by atoms with van der Waals surface area (Å²) in [6, 6.07) is 1.99. The molecule has 0 aliphatic rings. The van der Waals surface area contributed by atoms with Crippen LogP contribution in [-0.2, 0) is 10.0 Å². The molecule has 6 nitrogen and oxygen atoms in total. The molecule has 1 rings (SSSR count).